The van der Waals surface area contributed by atoms with Gasteiger partial charge in [-0.3, -0.25) is 13.9 Å². The minimum absolute atomic E-state index is 0. The molecule has 0 bridgehead atoms. The Balaban J connectivity index is 0.00000290. The minimum Gasteiger partial charge on any atom is -1.00 e. The van der Waals surface area contributed by atoms with Crippen molar-refractivity contribution < 1.29 is 72.5 Å². The number of halogens is 2. The van der Waals surface area contributed by atoms with Crippen molar-refractivity contribution in [2.75, 3.05) is 76.1 Å². The number of hydrogen-bond donors (Lipinski definition) is 3. The van der Waals surface area contributed by atoms with Gasteiger partial charge in [0, 0.05) is 29.8 Å². The number of aliphatic hydroxyl groups excluding tert-OH is 1. The fourth-order valence-electron chi connectivity index (χ4n) is 8.88. The number of sulfonamides is 1. The van der Waals surface area contributed by atoms with Crippen molar-refractivity contribution in [3.05, 3.63) is 77.0 Å². The van der Waals surface area contributed by atoms with Gasteiger partial charge in [-0.1, -0.05) is 37.3 Å². The highest BCUT2D eigenvalue weighted by Crippen LogP contribution is 2.49. The molecule has 0 aromatic heterocycles. The van der Waals surface area contributed by atoms with Gasteiger partial charge in [-0.25, -0.2) is 8.42 Å². The van der Waals surface area contributed by atoms with E-state index in [1.54, 1.807) is 25.1 Å². The Morgan fingerprint density at radius 3 is 2.27 bits per heavy atom. The Bertz CT molecular complexity index is 2140. The van der Waals surface area contributed by atoms with Crippen LogP contribution in [0.1, 0.15) is 25.0 Å². The van der Waals surface area contributed by atoms with Gasteiger partial charge in [0.2, 0.25) is 5.91 Å². The summed E-state index contributed by atoms with van der Waals surface area (Å²) in [5.41, 5.74) is 7.25. The summed E-state index contributed by atoms with van der Waals surface area (Å²) in [6.07, 6.45) is 0.595. The number of nitrogens with one attached hydrogen (secondary N) is 1. The van der Waals surface area contributed by atoms with E-state index in [0.29, 0.717) is 34.1 Å². The zero-order valence-corrected chi connectivity index (χ0v) is 34.0. The number of carbonyl (C=O) groups excluding carboxylic acids is 3. The normalized spacial score (nSPS) is 26.9. The largest absolute Gasteiger partial charge is 1.00 e. The molecule has 4 aliphatic rings. The maximum absolute atomic E-state index is 14.3. The predicted octanol–water partition coefficient (Wildman–Crippen LogP) is -5.91. The molecule has 16 heteroatoms. The number of β-lactam (4-membered cyclic amide) rings is 1. The quantitative estimate of drug-likeness (QED) is 0.121. The molecule has 3 aromatic carbocycles. The molecule has 5 N–H and O–H groups in total. The summed E-state index contributed by atoms with van der Waals surface area (Å²) in [5, 5.41) is 27.0. The first-order chi connectivity index (χ1) is 25.1. The second-order valence-corrected chi connectivity index (χ2v) is 17.8. The van der Waals surface area contributed by atoms with Gasteiger partial charge in [0.15, 0.2) is 6.54 Å². The highest BCUT2D eigenvalue weighted by atomic mass is 35.5. The van der Waals surface area contributed by atoms with E-state index in [-0.39, 0.29) is 47.9 Å². The highest BCUT2D eigenvalue weighted by Gasteiger charge is 2.59. The average Bonchev–Trinajstić information content (AvgIpc) is 3.47. The summed E-state index contributed by atoms with van der Waals surface area (Å²) in [4.78, 5) is 39.6. The van der Waals surface area contributed by atoms with Crippen LogP contribution >= 0.6 is 0 Å². The third kappa shape index (κ3) is 7.57. The minimum atomic E-state index is -4.07. The van der Waals surface area contributed by atoms with E-state index in [4.69, 9.17) is 0 Å². The second kappa shape index (κ2) is 15.6. The Morgan fingerprint density at radius 1 is 1.00 bits per heavy atom. The highest BCUT2D eigenvalue weighted by molar-refractivity contribution is 7.93. The maximum atomic E-state index is 14.3. The molecule has 2 fully saturated rings. The van der Waals surface area contributed by atoms with Gasteiger partial charge >= 0.3 is 0 Å². The van der Waals surface area contributed by atoms with Crippen LogP contribution in [0.25, 0.3) is 10.8 Å². The number of carbonyl (C=O) groups is 3. The van der Waals surface area contributed by atoms with Crippen LogP contribution < -0.4 is 45.3 Å². The molecule has 4 atom stereocenters. The van der Waals surface area contributed by atoms with Crippen molar-refractivity contribution in [2.24, 2.45) is 11.8 Å². The van der Waals surface area contributed by atoms with Crippen molar-refractivity contribution in [2.45, 2.75) is 43.7 Å². The Hall–Kier alpha value is -3.76. The molecule has 0 unspecified atom stereocenters. The maximum Gasteiger partial charge on any atom is 0.279 e. The van der Waals surface area contributed by atoms with Crippen molar-refractivity contribution in [1.29, 1.82) is 0 Å². The summed E-state index contributed by atoms with van der Waals surface area (Å²) < 4.78 is 31.2. The number of carboxylic acid groups (broad SMARTS) is 1. The summed E-state index contributed by atoms with van der Waals surface area (Å²) in [5.74, 6) is -3.28. The molecule has 0 saturated carbocycles. The van der Waals surface area contributed by atoms with Crippen molar-refractivity contribution in [1.82, 2.24) is 4.90 Å². The Labute approximate surface area is 334 Å². The summed E-state index contributed by atoms with van der Waals surface area (Å²) in [7, 11) is 0.279. The molecule has 298 valence electrons. The van der Waals surface area contributed by atoms with E-state index in [9.17, 15) is 33.0 Å². The fraction of sp³-hybridized carbons (Fsp3) is 0.462. The molecule has 55 heavy (non-hydrogen) atoms. The monoisotopic (exact) mass is 816 g/mol. The zero-order chi connectivity index (χ0) is 38.0. The first-order valence-corrected chi connectivity index (χ1v) is 19.9. The number of aliphatic hydroxyl groups is 1. The van der Waals surface area contributed by atoms with Crippen LogP contribution in [0.3, 0.4) is 0 Å². The third-order valence-corrected chi connectivity index (χ3v) is 13.9. The number of anilines is 2. The van der Waals surface area contributed by atoms with Gasteiger partial charge in [0.05, 0.1) is 74.0 Å². The first kappa shape index (κ1) is 42.4. The topological polar surface area (TPSA) is 175 Å². The molecule has 3 aromatic rings. The van der Waals surface area contributed by atoms with Crippen molar-refractivity contribution in [3.8, 4) is 0 Å². The van der Waals surface area contributed by atoms with E-state index in [0.717, 1.165) is 71.7 Å². The second-order valence-electron chi connectivity index (χ2n) is 16.0. The summed E-state index contributed by atoms with van der Waals surface area (Å²) in [6.45, 7) is 8.49. The summed E-state index contributed by atoms with van der Waals surface area (Å²) >= 11 is 0. The first-order valence-electron chi connectivity index (χ1n) is 18.4. The number of nitrogens with zero attached hydrogens (tertiary/aromatic N) is 4. The standard InChI is InChI=1S/C39H48N6O7S.2ClH/c1-24-30(37(39(49)50)43-36(24)34(25(2)46)38(43)48)22-42-31-7-5-6-28-20-27(21-32(35(28)31)53(42,51)52)13-15-44(3)16-18-45(4,19-17-44)23-33(47)41-29-10-8-26(9-11-29)12-14-40;;/h5-11,20-21,24-25,34,36,46H,12-19,22-23,40H2,1-4H3;2*1H/t24-,25+,34+,36+,44?,45?;;/m0../s1. The molecule has 4 heterocycles. The van der Waals surface area contributed by atoms with E-state index < -0.39 is 45.9 Å². The fourth-order valence-corrected chi connectivity index (χ4v) is 10.6. The lowest BCUT2D eigenvalue weighted by Gasteiger charge is -2.47. The smallest absolute Gasteiger partial charge is 0.279 e. The Kier molecular flexibility index (Phi) is 12.1. The van der Waals surface area contributed by atoms with E-state index in [1.807, 2.05) is 36.4 Å². The lowest BCUT2D eigenvalue weighted by molar-refractivity contribution is -1.01. The molecule has 2 saturated heterocycles. The van der Waals surface area contributed by atoms with Crippen LogP contribution in [0, 0.1) is 11.8 Å². The number of quaternary nitrogens is 3. The number of piperazine rings is 1. The number of likely N-dealkylation sites (N-methyl/N-ethyl adjacent to an activating group) is 2. The lowest BCUT2D eigenvalue weighted by Crippen LogP contribution is -3.00. The lowest BCUT2D eigenvalue weighted by atomic mass is 9.78. The summed E-state index contributed by atoms with van der Waals surface area (Å²) in [6, 6.07) is 16.6. The number of fused-ring (bicyclic) bond motifs is 1. The van der Waals surface area contributed by atoms with Gasteiger partial charge in [-0.05, 0) is 53.3 Å². The van der Waals surface area contributed by atoms with Gasteiger partial charge < -0.3 is 64.7 Å². The van der Waals surface area contributed by atoms with Crippen LogP contribution in [0.15, 0.2) is 70.8 Å². The van der Waals surface area contributed by atoms with Crippen molar-refractivity contribution >= 4 is 50.0 Å². The number of amides is 2. The van der Waals surface area contributed by atoms with Crippen LogP contribution in [0.4, 0.5) is 11.4 Å². The average molecular weight is 818 g/mol. The van der Waals surface area contributed by atoms with Crippen molar-refractivity contribution in [3.63, 3.8) is 0 Å². The number of carboxylic acids is 1. The molecule has 13 nitrogen and oxygen atoms in total. The molecule has 4 aliphatic heterocycles. The van der Waals surface area contributed by atoms with Gasteiger partial charge in [-0.15, -0.1) is 0 Å². The molecular weight excluding hydrogens is 767 g/mol. The molecule has 7 rings (SSSR count). The third-order valence-electron chi connectivity index (χ3n) is 12.2. The van der Waals surface area contributed by atoms with E-state index in [1.165, 1.54) is 16.8 Å². The molecular formula is C39H50Cl2N6O7S. The molecule has 0 aliphatic carbocycles. The Morgan fingerprint density at radius 2 is 1.65 bits per heavy atom. The number of hydrogen-bond acceptors (Lipinski definition) is 7. The number of benzene rings is 3. The van der Waals surface area contributed by atoms with Crippen LogP contribution in [0.2, 0.25) is 0 Å². The van der Waals surface area contributed by atoms with Crippen LogP contribution in [-0.4, -0.2) is 124 Å². The number of rotatable bonds is 12. The molecule has 2 amide bonds. The SMILES string of the molecule is C[C@@H](O)[C@H]1C(=O)N2C(C(=O)[O-])=C(CN3c4cccc5cc(CC[N+]6(C)CC[N+](C)(CC(=O)Nc7ccc(CC[NH3+])cc7)CC6)cc(c45)S3(=O)=O)[C@H](C)[C@H]12.[Cl-].[Cl-]. The zero-order valence-electron chi connectivity index (χ0n) is 31.6. The van der Waals surface area contributed by atoms with E-state index in [2.05, 4.69) is 25.1 Å². The number of aliphatic carboxylic acids is 1. The van der Waals surface area contributed by atoms with Gasteiger partial charge in [-0.2, -0.15) is 0 Å². The molecule has 0 radical (unpaired) electrons. The van der Waals surface area contributed by atoms with Crippen LogP contribution in [0.5, 0.6) is 0 Å². The van der Waals surface area contributed by atoms with E-state index >= 15 is 0 Å². The van der Waals surface area contributed by atoms with Gasteiger partial charge in [0.1, 0.15) is 26.2 Å². The van der Waals surface area contributed by atoms with Crippen LogP contribution in [-0.2, 0) is 37.2 Å². The van der Waals surface area contributed by atoms with Gasteiger partial charge in [0.25, 0.3) is 15.9 Å². The molecule has 0 spiro atoms. The predicted molar refractivity (Wildman–Crippen MR) is 197 cm³/mol.